The summed E-state index contributed by atoms with van der Waals surface area (Å²) < 4.78 is 5.05. The Morgan fingerprint density at radius 2 is 2.33 bits per heavy atom. The van der Waals surface area contributed by atoms with Crippen LogP contribution in [0.4, 0.5) is 0 Å². The number of likely N-dealkylation sites (tertiary alicyclic amines) is 1. The summed E-state index contributed by atoms with van der Waals surface area (Å²) in [5.41, 5.74) is 5.70. The maximum atomic E-state index is 5.70. The number of hydrogen-bond donors (Lipinski definition) is 1. The zero-order valence-corrected chi connectivity index (χ0v) is 8.12. The molecular weight excluding hydrogens is 152 g/mol. The fraction of sp³-hybridized carbons (Fsp3) is 1.00. The minimum Gasteiger partial charge on any atom is -0.383 e. The van der Waals surface area contributed by atoms with Gasteiger partial charge in [0.2, 0.25) is 0 Å². The van der Waals surface area contributed by atoms with Gasteiger partial charge in [0.1, 0.15) is 0 Å². The van der Waals surface area contributed by atoms with Gasteiger partial charge >= 0.3 is 0 Å². The van der Waals surface area contributed by atoms with E-state index in [0.29, 0.717) is 6.04 Å². The Labute approximate surface area is 74.9 Å². The topological polar surface area (TPSA) is 38.5 Å². The predicted octanol–water partition coefficient (Wildman–Crippen LogP) is 0.302. The molecule has 2 atom stereocenters. The molecule has 0 aromatic heterocycles. The average Bonchev–Trinajstić information content (AvgIpc) is 2.43. The molecule has 2 N–H and O–H groups in total. The minimum atomic E-state index is 0.583. The Morgan fingerprint density at radius 3 is 2.92 bits per heavy atom. The summed E-state index contributed by atoms with van der Waals surface area (Å²) in [5, 5.41) is 0. The Kier molecular flexibility index (Phi) is 3.98. The molecule has 0 saturated carbocycles. The van der Waals surface area contributed by atoms with Crippen molar-refractivity contribution in [1.82, 2.24) is 4.90 Å². The maximum absolute atomic E-state index is 5.70. The molecule has 3 nitrogen and oxygen atoms in total. The lowest BCUT2D eigenvalue weighted by Gasteiger charge is -2.24. The molecule has 0 radical (unpaired) electrons. The van der Waals surface area contributed by atoms with Gasteiger partial charge in [0, 0.05) is 26.2 Å². The van der Waals surface area contributed by atoms with Crippen molar-refractivity contribution in [3.8, 4) is 0 Å². The van der Waals surface area contributed by atoms with E-state index in [9.17, 15) is 0 Å². The van der Waals surface area contributed by atoms with Crippen LogP contribution < -0.4 is 5.73 Å². The lowest BCUT2D eigenvalue weighted by atomic mass is 10.0. The van der Waals surface area contributed by atoms with Gasteiger partial charge in [-0.2, -0.15) is 0 Å². The highest BCUT2D eigenvalue weighted by molar-refractivity contribution is 4.84. The first kappa shape index (κ1) is 9.96. The molecule has 1 fully saturated rings. The molecule has 0 spiro atoms. The molecule has 3 heteroatoms. The Morgan fingerprint density at radius 1 is 1.58 bits per heavy atom. The van der Waals surface area contributed by atoms with E-state index < -0.39 is 0 Å². The largest absolute Gasteiger partial charge is 0.383 e. The smallest absolute Gasteiger partial charge is 0.0589 e. The van der Waals surface area contributed by atoms with Gasteiger partial charge in [-0.05, 0) is 18.9 Å². The monoisotopic (exact) mass is 172 g/mol. The third kappa shape index (κ3) is 2.19. The molecule has 12 heavy (non-hydrogen) atoms. The van der Waals surface area contributed by atoms with E-state index in [1.807, 2.05) is 0 Å². The normalized spacial score (nSPS) is 31.2. The lowest BCUT2D eigenvalue weighted by molar-refractivity contribution is 0.137. The fourth-order valence-corrected chi connectivity index (χ4v) is 1.96. The van der Waals surface area contributed by atoms with Crippen LogP contribution in [0, 0.1) is 5.92 Å². The van der Waals surface area contributed by atoms with Crippen molar-refractivity contribution >= 4 is 0 Å². The number of ether oxygens (including phenoxy) is 1. The molecule has 1 saturated heterocycles. The van der Waals surface area contributed by atoms with Crippen molar-refractivity contribution < 1.29 is 4.74 Å². The summed E-state index contributed by atoms with van der Waals surface area (Å²) >= 11 is 0. The number of nitrogens with two attached hydrogens (primary N) is 1. The summed E-state index contributed by atoms with van der Waals surface area (Å²) in [6.07, 6.45) is 1.28. The van der Waals surface area contributed by atoms with E-state index in [0.717, 1.165) is 25.6 Å². The molecule has 0 amide bonds. The summed E-state index contributed by atoms with van der Waals surface area (Å²) in [6.45, 7) is 6.10. The molecule has 0 aromatic rings. The Bertz CT molecular complexity index is 130. The molecule has 0 bridgehead atoms. The van der Waals surface area contributed by atoms with Gasteiger partial charge in [0.15, 0.2) is 0 Å². The zero-order chi connectivity index (χ0) is 8.97. The van der Waals surface area contributed by atoms with Gasteiger partial charge in [-0.15, -0.1) is 0 Å². The van der Waals surface area contributed by atoms with Crippen LogP contribution in [0.1, 0.15) is 13.3 Å². The molecule has 0 aromatic carbocycles. The van der Waals surface area contributed by atoms with Crippen LogP contribution >= 0.6 is 0 Å². The molecule has 2 unspecified atom stereocenters. The van der Waals surface area contributed by atoms with Gasteiger partial charge in [0.25, 0.3) is 0 Å². The summed E-state index contributed by atoms with van der Waals surface area (Å²) in [4.78, 5) is 2.44. The number of nitrogens with zero attached hydrogens (tertiary/aromatic N) is 1. The third-order valence-electron chi connectivity index (χ3n) is 2.82. The molecule has 0 aliphatic carbocycles. The number of rotatable bonds is 4. The van der Waals surface area contributed by atoms with E-state index in [4.69, 9.17) is 10.5 Å². The predicted molar refractivity (Wildman–Crippen MR) is 50.1 cm³/mol. The van der Waals surface area contributed by atoms with Crippen LogP contribution in [0.3, 0.4) is 0 Å². The second-order valence-corrected chi connectivity index (χ2v) is 3.60. The molecule has 1 rings (SSSR count). The van der Waals surface area contributed by atoms with Gasteiger partial charge in [-0.1, -0.05) is 6.92 Å². The van der Waals surface area contributed by atoms with Gasteiger partial charge < -0.3 is 10.5 Å². The van der Waals surface area contributed by atoms with Gasteiger partial charge in [-0.3, -0.25) is 4.90 Å². The van der Waals surface area contributed by atoms with E-state index in [2.05, 4.69) is 11.8 Å². The van der Waals surface area contributed by atoms with Crippen molar-refractivity contribution in [1.29, 1.82) is 0 Å². The van der Waals surface area contributed by atoms with Crippen molar-refractivity contribution in [3.05, 3.63) is 0 Å². The third-order valence-corrected chi connectivity index (χ3v) is 2.82. The highest BCUT2D eigenvalue weighted by Crippen LogP contribution is 2.22. The van der Waals surface area contributed by atoms with Crippen molar-refractivity contribution in [3.63, 3.8) is 0 Å². The van der Waals surface area contributed by atoms with Gasteiger partial charge in [-0.25, -0.2) is 0 Å². The standard InChI is InChI=1S/C9H20N2O/c1-8-3-4-11(5-6-12-2)9(8)7-10/h8-9H,3-7,10H2,1-2H3. The summed E-state index contributed by atoms with van der Waals surface area (Å²) in [5.74, 6) is 0.756. The molecule has 1 heterocycles. The maximum Gasteiger partial charge on any atom is 0.0589 e. The highest BCUT2D eigenvalue weighted by Gasteiger charge is 2.28. The van der Waals surface area contributed by atoms with Crippen LogP contribution in [-0.2, 0) is 4.74 Å². The first-order valence-electron chi connectivity index (χ1n) is 4.72. The number of methoxy groups -OCH3 is 1. The Balaban J connectivity index is 2.32. The fourth-order valence-electron chi connectivity index (χ4n) is 1.96. The van der Waals surface area contributed by atoms with Gasteiger partial charge in [0.05, 0.1) is 6.61 Å². The first-order valence-corrected chi connectivity index (χ1v) is 4.72. The number of hydrogen-bond acceptors (Lipinski definition) is 3. The van der Waals surface area contributed by atoms with Crippen LogP contribution in [0.15, 0.2) is 0 Å². The zero-order valence-electron chi connectivity index (χ0n) is 8.12. The lowest BCUT2D eigenvalue weighted by Crippen LogP contribution is -2.39. The molecule has 1 aliphatic rings. The average molecular weight is 172 g/mol. The van der Waals surface area contributed by atoms with Crippen molar-refractivity contribution in [2.24, 2.45) is 11.7 Å². The first-order chi connectivity index (χ1) is 5.79. The SMILES string of the molecule is COCCN1CCC(C)C1CN. The minimum absolute atomic E-state index is 0.583. The quantitative estimate of drug-likeness (QED) is 0.663. The van der Waals surface area contributed by atoms with Crippen LogP contribution in [-0.4, -0.2) is 44.3 Å². The van der Waals surface area contributed by atoms with Crippen LogP contribution in [0.2, 0.25) is 0 Å². The second kappa shape index (κ2) is 4.80. The molecule has 72 valence electrons. The summed E-state index contributed by atoms with van der Waals surface area (Å²) in [6, 6.07) is 0.583. The Hall–Kier alpha value is -0.120. The van der Waals surface area contributed by atoms with Crippen LogP contribution in [0.5, 0.6) is 0 Å². The van der Waals surface area contributed by atoms with E-state index in [1.54, 1.807) is 7.11 Å². The van der Waals surface area contributed by atoms with E-state index in [-0.39, 0.29) is 0 Å². The molecule has 1 aliphatic heterocycles. The van der Waals surface area contributed by atoms with E-state index in [1.165, 1.54) is 13.0 Å². The highest BCUT2D eigenvalue weighted by atomic mass is 16.5. The summed E-state index contributed by atoms with van der Waals surface area (Å²) in [7, 11) is 1.75. The molecular formula is C9H20N2O. The van der Waals surface area contributed by atoms with Crippen molar-refractivity contribution in [2.75, 3.05) is 33.4 Å². The van der Waals surface area contributed by atoms with Crippen LogP contribution in [0.25, 0.3) is 0 Å². The van der Waals surface area contributed by atoms with E-state index >= 15 is 0 Å². The second-order valence-electron chi connectivity index (χ2n) is 3.60. The van der Waals surface area contributed by atoms with Crippen molar-refractivity contribution in [2.45, 2.75) is 19.4 Å².